The average Bonchev–Trinajstić information content (AvgIpc) is 3.25. The van der Waals surface area contributed by atoms with E-state index in [9.17, 15) is 0 Å². The zero-order valence-corrected chi connectivity index (χ0v) is 10.9. The van der Waals surface area contributed by atoms with Gasteiger partial charge in [-0.25, -0.2) is 9.97 Å². The fourth-order valence-corrected chi connectivity index (χ4v) is 2.74. The average molecular weight is 251 g/mol. The number of nitrogens with one attached hydrogen (secondary N) is 1. The SMILES string of the molecule is c1ccc2c(c1)CCCc1cnc(NC3CC3)nc1-2. The van der Waals surface area contributed by atoms with Crippen molar-refractivity contribution in [3.8, 4) is 11.3 Å². The third-order valence-electron chi connectivity index (χ3n) is 3.94. The molecule has 1 fully saturated rings. The molecule has 0 amide bonds. The summed E-state index contributed by atoms with van der Waals surface area (Å²) >= 11 is 0. The number of nitrogens with zero attached hydrogens (tertiary/aromatic N) is 2. The van der Waals surface area contributed by atoms with Gasteiger partial charge in [-0.2, -0.15) is 0 Å². The number of aromatic nitrogens is 2. The van der Waals surface area contributed by atoms with E-state index in [0.717, 1.165) is 24.5 Å². The fraction of sp³-hybridized carbons (Fsp3) is 0.375. The Labute approximate surface area is 113 Å². The van der Waals surface area contributed by atoms with E-state index in [-0.39, 0.29) is 0 Å². The minimum atomic E-state index is 0.596. The molecule has 0 aliphatic heterocycles. The van der Waals surface area contributed by atoms with Gasteiger partial charge >= 0.3 is 0 Å². The predicted octanol–water partition coefficient (Wildman–Crippen LogP) is 3.21. The van der Waals surface area contributed by atoms with Crippen LogP contribution in [0.5, 0.6) is 0 Å². The number of benzene rings is 1. The van der Waals surface area contributed by atoms with E-state index in [0.29, 0.717) is 6.04 Å². The molecule has 1 N–H and O–H groups in total. The largest absolute Gasteiger partial charge is 0.351 e. The molecule has 1 saturated carbocycles. The first-order chi connectivity index (χ1) is 9.40. The number of hydrogen-bond acceptors (Lipinski definition) is 3. The third-order valence-corrected chi connectivity index (χ3v) is 3.94. The van der Waals surface area contributed by atoms with Gasteiger partial charge in [0.2, 0.25) is 5.95 Å². The van der Waals surface area contributed by atoms with Gasteiger partial charge in [0, 0.05) is 17.8 Å². The van der Waals surface area contributed by atoms with Crippen LogP contribution in [0.15, 0.2) is 30.5 Å². The maximum Gasteiger partial charge on any atom is 0.223 e. The Bertz CT molecular complexity index is 617. The van der Waals surface area contributed by atoms with Gasteiger partial charge in [0.05, 0.1) is 5.69 Å². The number of fused-ring (bicyclic) bond motifs is 3. The Hall–Kier alpha value is -1.90. The maximum atomic E-state index is 4.77. The number of rotatable bonds is 2. The topological polar surface area (TPSA) is 37.8 Å². The van der Waals surface area contributed by atoms with Crippen LogP contribution in [-0.2, 0) is 12.8 Å². The molecule has 19 heavy (non-hydrogen) atoms. The highest BCUT2D eigenvalue weighted by Crippen LogP contribution is 2.32. The molecule has 2 aromatic rings. The van der Waals surface area contributed by atoms with Gasteiger partial charge in [-0.15, -0.1) is 0 Å². The predicted molar refractivity (Wildman–Crippen MR) is 76.1 cm³/mol. The molecule has 0 radical (unpaired) electrons. The summed E-state index contributed by atoms with van der Waals surface area (Å²) in [7, 11) is 0. The second-order valence-corrected chi connectivity index (χ2v) is 5.50. The number of anilines is 1. The Morgan fingerprint density at radius 3 is 2.79 bits per heavy atom. The summed E-state index contributed by atoms with van der Waals surface area (Å²) in [4.78, 5) is 9.24. The maximum absolute atomic E-state index is 4.77. The summed E-state index contributed by atoms with van der Waals surface area (Å²) in [5, 5.41) is 3.39. The third kappa shape index (κ3) is 2.09. The zero-order valence-electron chi connectivity index (χ0n) is 10.9. The molecule has 2 aliphatic carbocycles. The summed E-state index contributed by atoms with van der Waals surface area (Å²) < 4.78 is 0. The first kappa shape index (κ1) is 11.0. The van der Waals surface area contributed by atoms with Gasteiger partial charge in [-0.05, 0) is 43.2 Å². The van der Waals surface area contributed by atoms with E-state index in [4.69, 9.17) is 4.98 Å². The van der Waals surface area contributed by atoms with Gasteiger partial charge < -0.3 is 5.32 Å². The molecular formula is C16H17N3. The molecule has 1 heterocycles. The van der Waals surface area contributed by atoms with E-state index in [1.54, 1.807) is 0 Å². The lowest BCUT2D eigenvalue weighted by atomic mass is 10.0. The van der Waals surface area contributed by atoms with Gasteiger partial charge in [0.1, 0.15) is 0 Å². The smallest absolute Gasteiger partial charge is 0.223 e. The van der Waals surface area contributed by atoms with Crippen LogP contribution in [0.1, 0.15) is 30.4 Å². The van der Waals surface area contributed by atoms with Crippen LogP contribution in [0.25, 0.3) is 11.3 Å². The van der Waals surface area contributed by atoms with Crippen molar-refractivity contribution in [1.29, 1.82) is 0 Å². The summed E-state index contributed by atoms with van der Waals surface area (Å²) in [6, 6.07) is 9.23. The summed E-state index contributed by atoms with van der Waals surface area (Å²) in [5.74, 6) is 0.790. The lowest BCUT2D eigenvalue weighted by Crippen LogP contribution is -2.07. The summed E-state index contributed by atoms with van der Waals surface area (Å²) in [5.41, 5.74) is 5.12. The van der Waals surface area contributed by atoms with Crippen molar-refractivity contribution in [2.75, 3.05) is 5.32 Å². The molecular weight excluding hydrogens is 234 g/mol. The van der Waals surface area contributed by atoms with Crippen molar-refractivity contribution in [3.63, 3.8) is 0 Å². The van der Waals surface area contributed by atoms with Crippen LogP contribution in [0.4, 0.5) is 5.95 Å². The number of hydrogen-bond donors (Lipinski definition) is 1. The molecule has 3 nitrogen and oxygen atoms in total. The van der Waals surface area contributed by atoms with Crippen LogP contribution >= 0.6 is 0 Å². The minimum Gasteiger partial charge on any atom is -0.351 e. The van der Waals surface area contributed by atoms with Crippen LogP contribution in [-0.4, -0.2) is 16.0 Å². The van der Waals surface area contributed by atoms with Crippen molar-refractivity contribution in [2.45, 2.75) is 38.1 Å². The normalized spacial score (nSPS) is 17.3. The van der Waals surface area contributed by atoms with E-state index in [1.165, 1.54) is 36.0 Å². The molecule has 0 unspecified atom stereocenters. The van der Waals surface area contributed by atoms with Crippen molar-refractivity contribution in [3.05, 3.63) is 41.6 Å². The molecule has 0 atom stereocenters. The van der Waals surface area contributed by atoms with Crippen LogP contribution < -0.4 is 5.32 Å². The first-order valence-electron chi connectivity index (χ1n) is 7.11. The van der Waals surface area contributed by atoms with E-state index < -0.39 is 0 Å². The lowest BCUT2D eigenvalue weighted by molar-refractivity contribution is 0.828. The van der Waals surface area contributed by atoms with Gasteiger partial charge in [-0.3, -0.25) is 0 Å². The van der Waals surface area contributed by atoms with Crippen molar-refractivity contribution in [1.82, 2.24) is 9.97 Å². The quantitative estimate of drug-likeness (QED) is 0.890. The fourth-order valence-electron chi connectivity index (χ4n) is 2.74. The molecule has 96 valence electrons. The molecule has 1 aromatic carbocycles. The summed E-state index contributed by atoms with van der Waals surface area (Å²) in [6.07, 6.45) is 7.90. The van der Waals surface area contributed by atoms with Gasteiger partial charge in [-0.1, -0.05) is 24.3 Å². The first-order valence-corrected chi connectivity index (χ1v) is 7.11. The standard InChI is InChI=1S/C16H17N3/c1-2-7-14-11(4-1)5-3-6-12-10-17-16(19-15(12)14)18-13-8-9-13/h1-2,4,7,10,13H,3,5-6,8-9H2,(H,17,18,19). The molecule has 2 aliphatic rings. The Kier molecular flexibility index (Phi) is 2.50. The van der Waals surface area contributed by atoms with E-state index >= 15 is 0 Å². The number of aryl methyl sites for hydroxylation is 2. The molecule has 3 heteroatoms. The van der Waals surface area contributed by atoms with Gasteiger partial charge in [0.15, 0.2) is 0 Å². The van der Waals surface area contributed by atoms with Crippen molar-refractivity contribution in [2.24, 2.45) is 0 Å². The molecule has 4 rings (SSSR count). The highest BCUT2D eigenvalue weighted by atomic mass is 15.1. The van der Waals surface area contributed by atoms with Crippen LogP contribution in [0, 0.1) is 0 Å². The van der Waals surface area contributed by atoms with Crippen LogP contribution in [0.3, 0.4) is 0 Å². The molecule has 0 saturated heterocycles. The second-order valence-electron chi connectivity index (χ2n) is 5.50. The van der Waals surface area contributed by atoms with Gasteiger partial charge in [0.25, 0.3) is 0 Å². The molecule has 0 bridgehead atoms. The monoisotopic (exact) mass is 251 g/mol. The Balaban J connectivity index is 1.81. The second kappa shape index (κ2) is 4.34. The minimum absolute atomic E-state index is 0.596. The van der Waals surface area contributed by atoms with Crippen molar-refractivity contribution < 1.29 is 0 Å². The zero-order chi connectivity index (χ0) is 12.7. The Morgan fingerprint density at radius 2 is 1.89 bits per heavy atom. The van der Waals surface area contributed by atoms with Crippen molar-refractivity contribution >= 4 is 5.95 Å². The van der Waals surface area contributed by atoms with E-state index in [1.807, 2.05) is 6.20 Å². The highest BCUT2D eigenvalue weighted by molar-refractivity contribution is 5.68. The van der Waals surface area contributed by atoms with E-state index in [2.05, 4.69) is 34.6 Å². The molecule has 1 aromatic heterocycles. The highest BCUT2D eigenvalue weighted by Gasteiger charge is 2.23. The molecule has 0 spiro atoms. The van der Waals surface area contributed by atoms with Crippen LogP contribution in [0.2, 0.25) is 0 Å². The summed E-state index contributed by atoms with van der Waals surface area (Å²) in [6.45, 7) is 0. The lowest BCUT2D eigenvalue weighted by Gasteiger charge is -2.10. The Morgan fingerprint density at radius 1 is 1.05 bits per heavy atom.